The summed E-state index contributed by atoms with van der Waals surface area (Å²) in [4.78, 5) is 19.4. The highest BCUT2D eigenvalue weighted by atomic mass is 32.2. The Kier molecular flexibility index (Phi) is 5.81. The Morgan fingerprint density at radius 3 is 3.06 bits per heavy atom. The molecule has 0 radical (unpaired) electrons. The number of nitrogens with one attached hydrogen (secondary N) is 1. The highest BCUT2D eigenvalue weighted by Crippen LogP contribution is 2.14. The van der Waals surface area contributed by atoms with Crippen LogP contribution >= 0.6 is 11.8 Å². The topological polar surface area (TPSA) is 64.1 Å². The zero-order valence-corrected chi connectivity index (χ0v) is 10.2. The Labute approximate surface area is 99.0 Å². The minimum absolute atomic E-state index is 0.230. The van der Waals surface area contributed by atoms with Crippen molar-refractivity contribution in [1.82, 2.24) is 15.3 Å². The van der Waals surface area contributed by atoms with Crippen molar-refractivity contribution in [2.24, 2.45) is 0 Å². The van der Waals surface area contributed by atoms with Crippen molar-refractivity contribution in [2.45, 2.75) is 18.0 Å². The molecule has 88 valence electrons. The predicted molar refractivity (Wildman–Crippen MR) is 62.2 cm³/mol. The molecule has 0 amide bonds. The van der Waals surface area contributed by atoms with Crippen molar-refractivity contribution >= 4 is 17.7 Å². The minimum atomic E-state index is -0.306. The van der Waals surface area contributed by atoms with Crippen LogP contribution in [0.1, 0.15) is 6.92 Å². The first-order valence-electron chi connectivity index (χ1n) is 5.00. The SMILES string of the molecule is CCOC(=O)C(CSc1ccncn1)NC. The molecule has 0 aliphatic heterocycles. The van der Waals surface area contributed by atoms with Gasteiger partial charge in [0.05, 0.1) is 11.6 Å². The van der Waals surface area contributed by atoms with E-state index in [0.29, 0.717) is 12.4 Å². The molecule has 1 heterocycles. The minimum Gasteiger partial charge on any atom is -0.465 e. The standard InChI is InChI=1S/C10H15N3O2S/c1-3-15-10(14)8(11-2)6-16-9-4-5-12-7-13-9/h4-5,7-8,11H,3,6H2,1-2H3. The van der Waals surface area contributed by atoms with Gasteiger partial charge in [0.2, 0.25) is 0 Å². The molecule has 0 saturated heterocycles. The van der Waals surface area contributed by atoms with Crippen LogP contribution in [0.4, 0.5) is 0 Å². The lowest BCUT2D eigenvalue weighted by molar-refractivity contribution is -0.144. The molecule has 16 heavy (non-hydrogen) atoms. The van der Waals surface area contributed by atoms with Crippen LogP contribution in [-0.4, -0.2) is 41.4 Å². The molecule has 1 aromatic rings. The number of aromatic nitrogens is 2. The van der Waals surface area contributed by atoms with Gasteiger partial charge in [-0.3, -0.25) is 4.79 Å². The maximum Gasteiger partial charge on any atom is 0.323 e. The fraction of sp³-hybridized carbons (Fsp3) is 0.500. The fourth-order valence-electron chi connectivity index (χ4n) is 1.04. The van der Waals surface area contributed by atoms with Crippen molar-refractivity contribution in [3.05, 3.63) is 18.6 Å². The molecule has 0 fully saturated rings. The summed E-state index contributed by atoms with van der Waals surface area (Å²) in [5.74, 6) is 0.360. The number of carbonyl (C=O) groups is 1. The molecule has 0 aliphatic rings. The van der Waals surface area contributed by atoms with E-state index in [1.165, 1.54) is 18.1 Å². The zero-order chi connectivity index (χ0) is 11.8. The molecule has 6 heteroatoms. The van der Waals surface area contributed by atoms with E-state index in [2.05, 4.69) is 15.3 Å². The summed E-state index contributed by atoms with van der Waals surface area (Å²) in [7, 11) is 1.74. The van der Waals surface area contributed by atoms with E-state index in [9.17, 15) is 4.79 Å². The summed E-state index contributed by atoms with van der Waals surface area (Å²) >= 11 is 1.49. The van der Waals surface area contributed by atoms with Crippen LogP contribution in [0, 0.1) is 0 Å². The smallest absolute Gasteiger partial charge is 0.323 e. The molecule has 0 bridgehead atoms. The number of carbonyl (C=O) groups excluding carboxylic acids is 1. The second-order valence-electron chi connectivity index (χ2n) is 2.95. The van der Waals surface area contributed by atoms with Crippen molar-refractivity contribution in [3.63, 3.8) is 0 Å². The predicted octanol–water partition coefficient (Wildman–Crippen LogP) is 0.720. The Morgan fingerprint density at radius 2 is 2.50 bits per heavy atom. The average Bonchev–Trinajstić information content (AvgIpc) is 2.31. The monoisotopic (exact) mass is 241 g/mol. The Morgan fingerprint density at radius 1 is 1.69 bits per heavy atom. The molecule has 0 aliphatic carbocycles. The third kappa shape index (κ3) is 4.16. The molecule has 0 saturated carbocycles. The van der Waals surface area contributed by atoms with E-state index in [0.717, 1.165) is 5.03 Å². The van der Waals surface area contributed by atoms with Crippen LogP contribution in [0.5, 0.6) is 0 Å². The van der Waals surface area contributed by atoms with Crippen molar-refractivity contribution in [2.75, 3.05) is 19.4 Å². The molecule has 0 aromatic carbocycles. The fourth-order valence-corrected chi connectivity index (χ4v) is 1.96. The first-order valence-corrected chi connectivity index (χ1v) is 5.99. The summed E-state index contributed by atoms with van der Waals surface area (Å²) in [6.45, 7) is 2.19. The van der Waals surface area contributed by atoms with Crippen LogP contribution in [0.2, 0.25) is 0 Å². The van der Waals surface area contributed by atoms with Crippen LogP contribution < -0.4 is 5.32 Å². The normalized spacial score (nSPS) is 12.1. The van der Waals surface area contributed by atoms with Gasteiger partial charge in [0, 0.05) is 11.9 Å². The lowest BCUT2D eigenvalue weighted by atomic mass is 10.3. The van der Waals surface area contributed by atoms with E-state index in [4.69, 9.17) is 4.74 Å². The Bertz CT molecular complexity index is 321. The first kappa shape index (κ1) is 12.9. The van der Waals surface area contributed by atoms with Gasteiger partial charge in [-0.05, 0) is 20.0 Å². The lowest BCUT2D eigenvalue weighted by Crippen LogP contribution is -2.37. The van der Waals surface area contributed by atoms with Gasteiger partial charge in [0.1, 0.15) is 12.4 Å². The number of nitrogens with zero attached hydrogens (tertiary/aromatic N) is 2. The van der Waals surface area contributed by atoms with Gasteiger partial charge in [-0.15, -0.1) is 11.8 Å². The average molecular weight is 241 g/mol. The molecule has 1 unspecified atom stereocenters. The van der Waals surface area contributed by atoms with Crippen LogP contribution in [0.25, 0.3) is 0 Å². The number of hydrogen-bond donors (Lipinski definition) is 1. The number of ether oxygens (including phenoxy) is 1. The first-order chi connectivity index (χ1) is 7.77. The summed E-state index contributed by atoms with van der Waals surface area (Å²) in [6.07, 6.45) is 3.16. The molecule has 1 rings (SSSR count). The summed E-state index contributed by atoms with van der Waals surface area (Å²) in [5, 5.41) is 3.76. The van der Waals surface area contributed by atoms with E-state index < -0.39 is 0 Å². The second kappa shape index (κ2) is 7.19. The second-order valence-corrected chi connectivity index (χ2v) is 3.99. The van der Waals surface area contributed by atoms with E-state index in [-0.39, 0.29) is 12.0 Å². The van der Waals surface area contributed by atoms with Gasteiger partial charge >= 0.3 is 5.97 Å². The molecule has 1 N–H and O–H groups in total. The van der Waals surface area contributed by atoms with Gasteiger partial charge in [-0.25, -0.2) is 9.97 Å². The van der Waals surface area contributed by atoms with Crippen LogP contribution in [0.3, 0.4) is 0 Å². The summed E-state index contributed by atoms with van der Waals surface area (Å²) < 4.78 is 4.94. The molecular formula is C10H15N3O2S. The number of rotatable bonds is 6. The van der Waals surface area contributed by atoms with Gasteiger partial charge in [-0.1, -0.05) is 0 Å². The summed E-state index contributed by atoms with van der Waals surface area (Å²) in [5.41, 5.74) is 0. The van der Waals surface area contributed by atoms with Gasteiger partial charge in [0.15, 0.2) is 0 Å². The van der Waals surface area contributed by atoms with Gasteiger partial charge in [0.25, 0.3) is 0 Å². The molecule has 5 nitrogen and oxygen atoms in total. The van der Waals surface area contributed by atoms with Crippen molar-refractivity contribution < 1.29 is 9.53 Å². The highest BCUT2D eigenvalue weighted by molar-refractivity contribution is 7.99. The van der Waals surface area contributed by atoms with E-state index in [1.54, 1.807) is 20.2 Å². The van der Waals surface area contributed by atoms with Crippen molar-refractivity contribution in [1.29, 1.82) is 0 Å². The van der Waals surface area contributed by atoms with Crippen LogP contribution in [-0.2, 0) is 9.53 Å². The molecule has 0 spiro atoms. The van der Waals surface area contributed by atoms with Crippen molar-refractivity contribution in [3.8, 4) is 0 Å². The molecular weight excluding hydrogens is 226 g/mol. The maximum absolute atomic E-state index is 11.5. The Hall–Kier alpha value is -1.14. The van der Waals surface area contributed by atoms with E-state index >= 15 is 0 Å². The third-order valence-electron chi connectivity index (χ3n) is 1.87. The van der Waals surface area contributed by atoms with E-state index in [1.807, 2.05) is 6.07 Å². The zero-order valence-electron chi connectivity index (χ0n) is 9.34. The number of likely N-dealkylation sites (N-methyl/N-ethyl adjacent to an activating group) is 1. The van der Waals surface area contributed by atoms with Gasteiger partial charge in [-0.2, -0.15) is 0 Å². The largest absolute Gasteiger partial charge is 0.465 e. The molecule has 1 atom stereocenters. The quantitative estimate of drug-likeness (QED) is 0.450. The number of thioether (sulfide) groups is 1. The third-order valence-corrected chi connectivity index (χ3v) is 2.91. The molecule has 1 aromatic heterocycles. The Balaban J connectivity index is 2.43. The van der Waals surface area contributed by atoms with Crippen LogP contribution in [0.15, 0.2) is 23.6 Å². The highest BCUT2D eigenvalue weighted by Gasteiger charge is 2.17. The lowest BCUT2D eigenvalue weighted by Gasteiger charge is -2.13. The maximum atomic E-state index is 11.5. The summed E-state index contributed by atoms with van der Waals surface area (Å²) in [6, 6.07) is 1.50. The van der Waals surface area contributed by atoms with Gasteiger partial charge < -0.3 is 10.1 Å². The number of hydrogen-bond acceptors (Lipinski definition) is 6. The number of esters is 1.